The summed E-state index contributed by atoms with van der Waals surface area (Å²) >= 11 is 0. The second-order valence-corrected chi connectivity index (χ2v) is 17.3. The maximum absolute atomic E-state index is 9.95. The largest absolute Gasteiger partial charge is 0.562 e. The molecule has 0 N–H and O–H groups in total. The van der Waals surface area contributed by atoms with Crippen LogP contribution in [0.5, 0.6) is 0 Å². The van der Waals surface area contributed by atoms with E-state index in [0.717, 1.165) is 39.3 Å². The molecule has 0 aliphatic rings. The van der Waals surface area contributed by atoms with E-state index in [1.54, 1.807) is 0 Å². The van der Waals surface area contributed by atoms with Gasteiger partial charge in [0.15, 0.2) is 0 Å². The predicted octanol–water partition coefficient (Wildman–Crippen LogP) is 3.69. The monoisotopic (exact) mass is 1240 g/mol. The smallest absolute Gasteiger partial charge is 0.540 e. The second-order valence-electron chi connectivity index (χ2n) is 14.7. The van der Waals surface area contributed by atoms with Crippen molar-refractivity contribution in [1.29, 1.82) is 0 Å². The molecule has 78 heavy (non-hydrogen) atoms. The summed E-state index contributed by atoms with van der Waals surface area (Å²) in [6, 6.07) is 0. The van der Waals surface area contributed by atoms with Crippen LogP contribution in [0.4, 0.5) is 25.2 Å². The molecule has 0 saturated carbocycles. The number of aromatic nitrogens is 12. The van der Waals surface area contributed by atoms with E-state index in [-0.39, 0.29) is 0 Å². The first-order chi connectivity index (χ1) is 35.9. The minimum Gasteiger partial charge on any atom is -0.562 e. The van der Waals surface area contributed by atoms with Crippen LogP contribution in [0.15, 0.2) is 74.4 Å². The van der Waals surface area contributed by atoms with Crippen LogP contribution in [0, 0.1) is 41.5 Å². The summed E-state index contributed by atoms with van der Waals surface area (Å²) in [5.41, 5.74) is 0. The Balaban J connectivity index is -0.000000185. The van der Waals surface area contributed by atoms with E-state index < -0.39 is 50.0 Å². The number of imidazole rings is 6. The number of rotatable bonds is 6. The van der Waals surface area contributed by atoms with Gasteiger partial charge >= 0.3 is 50.0 Å². The SMILES string of the molecule is CCn1cc[n+](C)c1C.CCn1cc[n+](C)c1C.CCn1cc[n+](C)c1C.CCn1cc[n+](C)c1C.CCn1cc[n+](C)c1C.CCn1cc[n+](C)c1C.O=[P+]([O-])F.O=[P+]([O-])F.O=[P+]([O-])F.O=[P+]([O-])F.O=[P+]([O-])F.O=[P+]([O-])F. The molecular formula is C42H78F6N12O12P6+6. The topological polar surface area (TPSA) is 294 Å². The van der Waals surface area contributed by atoms with Crippen molar-refractivity contribution < 1.29 is 109 Å². The first-order valence-corrected chi connectivity index (χ1v) is 29.2. The van der Waals surface area contributed by atoms with Crippen LogP contribution in [0.1, 0.15) is 76.5 Å². The van der Waals surface area contributed by atoms with Crippen LogP contribution in [0.3, 0.4) is 0 Å². The summed E-state index contributed by atoms with van der Waals surface area (Å²) < 4.78 is 136. The Morgan fingerprint density at radius 2 is 0.372 bits per heavy atom. The van der Waals surface area contributed by atoms with Crippen molar-refractivity contribution >= 4 is 50.0 Å². The summed E-state index contributed by atoms with van der Waals surface area (Å²) in [5.74, 6) is 7.82. The first-order valence-electron chi connectivity index (χ1n) is 22.8. The molecule has 0 aliphatic carbocycles. The lowest BCUT2D eigenvalue weighted by Crippen LogP contribution is -2.29. The quantitative estimate of drug-likeness (QED) is 0.131. The normalized spacial score (nSPS) is 10.4. The average molecular weight is 1240 g/mol. The van der Waals surface area contributed by atoms with Gasteiger partial charge in [0, 0.05) is 41.5 Å². The molecule has 36 heteroatoms. The minimum atomic E-state index is -3.62. The Labute approximate surface area is 459 Å². The van der Waals surface area contributed by atoms with Crippen LogP contribution in [0.25, 0.3) is 0 Å². The molecule has 0 spiro atoms. The third kappa shape index (κ3) is 48.3. The van der Waals surface area contributed by atoms with Gasteiger partial charge in [-0.25, -0.2) is 54.8 Å². The van der Waals surface area contributed by atoms with E-state index in [1.807, 2.05) is 0 Å². The van der Waals surface area contributed by atoms with E-state index in [1.165, 1.54) is 34.9 Å². The molecule has 0 aliphatic heterocycles. The Morgan fingerprint density at radius 1 is 0.295 bits per heavy atom. The number of halogens is 6. The number of hydrogen-bond acceptors (Lipinski definition) is 12. The van der Waals surface area contributed by atoms with Crippen LogP contribution in [-0.4, -0.2) is 27.4 Å². The molecule has 0 amide bonds. The van der Waals surface area contributed by atoms with Crippen LogP contribution in [0.2, 0.25) is 0 Å². The minimum absolute atomic E-state index is 1.06. The molecular weight excluding hydrogens is 1160 g/mol. The average Bonchev–Trinajstić information content (AvgIpc) is 4.17. The third-order valence-electron chi connectivity index (χ3n) is 10.4. The van der Waals surface area contributed by atoms with Crippen LogP contribution >= 0.6 is 50.0 Å². The lowest BCUT2D eigenvalue weighted by molar-refractivity contribution is -0.677. The van der Waals surface area contributed by atoms with Crippen molar-refractivity contribution in [3.8, 4) is 0 Å². The van der Waals surface area contributed by atoms with Gasteiger partial charge in [0.2, 0.25) is 0 Å². The second kappa shape index (κ2) is 50.4. The van der Waals surface area contributed by atoms with E-state index in [4.69, 9.17) is 56.8 Å². The van der Waals surface area contributed by atoms with Crippen molar-refractivity contribution in [1.82, 2.24) is 27.4 Å². The lowest BCUT2D eigenvalue weighted by Gasteiger charge is -1.90. The van der Waals surface area contributed by atoms with Crippen LogP contribution < -0.4 is 56.8 Å². The fourth-order valence-electron chi connectivity index (χ4n) is 5.60. The molecule has 0 bridgehead atoms. The molecule has 6 rings (SSSR count). The molecule has 6 atom stereocenters. The Bertz CT molecular complexity index is 2160. The third-order valence-corrected chi connectivity index (χ3v) is 10.4. The molecule has 0 fully saturated rings. The zero-order valence-electron chi connectivity index (χ0n) is 47.4. The molecule has 6 unspecified atom stereocenters. The summed E-state index contributed by atoms with van der Waals surface area (Å²) in [5, 5.41) is 0. The van der Waals surface area contributed by atoms with E-state index >= 15 is 0 Å². The predicted molar refractivity (Wildman–Crippen MR) is 268 cm³/mol. The molecule has 6 aromatic rings. The van der Waals surface area contributed by atoms with Gasteiger partial charge in [-0.2, -0.15) is 0 Å². The maximum Gasteiger partial charge on any atom is 0.540 e. The Hall–Kier alpha value is -4.80. The first kappa shape index (κ1) is 84.5. The highest BCUT2D eigenvalue weighted by Gasteiger charge is 2.08. The molecule has 24 nitrogen and oxygen atoms in total. The zero-order chi connectivity index (χ0) is 62.6. The van der Waals surface area contributed by atoms with Crippen molar-refractivity contribution in [2.45, 2.75) is 122 Å². The van der Waals surface area contributed by atoms with E-state index in [2.05, 4.69) is 255 Å². The Kier molecular flexibility index (Phi) is 54.6. The fraction of sp³-hybridized carbons (Fsp3) is 0.571. The molecule has 6 aromatic heterocycles. The van der Waals surface area contributed by atoms with Gasteiger partial charge in [0.25, 0.3) is 34.9 Å². The zero-order valence-corrected chi connectivity index (χ0v) is 52.8. The molecule has 0 radical (unpaired) electrons. The maximum atomic E-state index is 9.95. The van der Waals surface area contributed by atoms with Gasteiger partial charge in [-0.3, -0.25) is 0 Å². The van der Waals surface area contributed by atoms with Crippen molar-refractivity contribution in [3.05, 3.63) is 109 Å². The van der Waals surface area contributed by atoms with Gasteiger partial charge in [0.05, 0.1) is 107 Å². The van der Waals surface area contributed by atoms with E-state index in [0.29, 0.717) is 0 Å². The summed E-state index contributed by atoms with van der Waals surface area (Å²) in [7, 11) is -9.38. The van der Waals surface area contributed by atoms with Crippen molar-refractivity contribution in [2.24, 2.45) is 42.3 Å². The lowest BCUT2D eigenvalue weighted by atomic mass is 10.6. The molecule has 6 heterocycles. The van der Waals surface area contributed by atoms with Gasteiger partial charge in [0.1, 0.15) is 74.4 Å². The molecule has 444 valence electrons. The number of hydrogen-bond donors (Lipinski definition) is 0. The molecule has 0 aromatic carbocycles. The summed E-state index contributed by atoms with van der Waals surface area (Å²) in [6.07, 6.45) is 25.0. The number of aryl methyl sites for hydroxylation is 12. The van der Waals surface area contributed by atoms with Gasteiger partial charge in [-0.15, -0.1) is 0 Å². The molecule has 0 saturated heterocycles. The van der Waals surface area contributed by atoms with Crippen LogP contribution in [-0.2, 0) is 109 Å². The van der Waals surface area contributed by atoms with E-state index in [9.17, 15) is 25.2 Å². The highest BCUT2D eigenvalue weighted by Crippen LogP contribution is 2.05. The van der Waals surface area contributed by atoms with Crippen molar-refractivity contribution in [2.75, 3.05) is 0 Å². The standard InChI is InChI=1S/6C7H13N2.6FO2P/c6*1-4-9-6-5-8(3)7(9)2;6*1-4(2)3/h6*5-6H,4H2,1-3H3;;;;;;/q6*+1;;;;;;. The number of nitrogens with zero attached hydrogens (tertiary/aromatic N) is 12. The van der Waals surface area contributed by atoms with Gasteiger partial charge in [-0.1, -0.05) is 0 Å². The highest BCUT2D eigenvalue weighted by atomic mass is 31.2. The summed E-state index contributed by atoms with van der Waals surface area (Å²) in [6.45, 7) is 31.9. The fourth-order valence-corrected chi connectivity index (χ4v) is 5.60. The van der Waals surface area contributed by atoms with Gasteiger partial charge < -0.3 is 29.4 Å². The van der Waals surface area contributed by atoms with Gasteiger partial charge in [-0.05, 0) is 68.9 Å². The summed E-state index contributed by atoms with van der Waals surface area (Å²) in [4.78, 5) is 50.2. The van der Waals surface area contributed by atoms with Crippen molar-refractivity contribution in [3.63, 3.8) is 0 Å². The highest BCUT2D eigenvalue weighted by molar-refractivity contribution is 7.30. The Morgan fingerprint density at radius 3 is 0.397 bits per heavy atom.